The molecule has 0 spiro atoms. The molecular weight excluding hydrogens is 306 g/mol. The van der Waals surface area contributed by atoms with E-state index >= 15 is 0 Å². The topological polar surface area (TPSA) is 102 Å². The molecule has 0 aromatic rings. The molecule has 5 atom stereocenters. The highest BCUT2D eigenvalue weighted by atomic mass is 19.3. The fourth-order valence-corrected chi connectivity index (χ4v) is 3.24. The highest BCUT2D eigenvalue weighted by Crippen LogP contribution is 2.50. The van der Waals surface area contributed by atoms with Crippen molar-refractivity contribution in [1.82, 2.24) is 0 Å². The Labute approximate surface area is 123 Å². The number of esters is 2. The maximum atomic E-state index is 13.6. The lowest BCUT2D eigenvalue weighted by Crippen LogP contribution is -2.58. The van der Waals surface area contributed by atoms with E-state index in [9.17, 15) is 28.3 Å². The zero-order valence-corrected chi connectivity index (χ0v) is 11.7. The number of hydrogen-bond acceptors (Lipinski definition) is 7. The molecule has 7 nitrogen and oxygen atoms in total. The van der Waals surface area contributed by atoms with Gasteiger partial charge in [0.1, 0.15) is 24.1 Å². The lowest BCUT2D eigenvalue weighted by molar-refractivity contribution is -0.342. The van der Waals surface area contributed by atoms with Crippen molar-refractivity contribution in [3.63, 3.8) is 0 Å². The van der Waals surface area contributed by atoms with E-state index in [2.05, 4.69) is 0 Å². The van der Waals surface area contributed by atoms with E-state index in [0.717, 1.165) is 13.8 Å². The zero-order chi connectivity index (χ0) is 16.4. The number of rotatable bonds is 4. The van der Waals surface area contributed by atoms with Crippen LogP contribution in [0.3, 0.4) is 0 Å². The number of aliphatic carboxylic acids is 1. The molecule has 0 saturated carbocycles. The maximum Gasteiger partial charge on any atom is 0.325 e. The van der Waals surface area contributed by atoms with Gasteiger partial charge in [-0.2, -0.15) is 8.78 Å². The predicted molar refractivity (Wildman–Crippen MR) is 60.3 cm³/mol. The van der Waals surface area contributed by atoms with Gasteiger partial charge < -0.3 is 24.1 Å². The minimum atomic E-state index is -4.38. The van der Waals surface area contributed by atoms with Crippen LogP contribution in [-0.2, 0) is 28.6 Å². The normalized spacial score (nSPS) is 36.4. The van der Waals surface area contributed by atoms with E-state index in [-0.39, 0.29) is 0 Å². The van der Waals surface area contributed by atoms with E-state index in [4.69, 9.17) is 14.2 Å². The van der Waals surface area contributed by atoms with Gasteiger partial charge in [-0.25, -0.2) is 0 Å². The number of ether oxygens (including phenoxy) is 3. The van der Waals surface area contributed by atoms with E-state index in [1.165, 1.54) is 0 Å². The molecule has 3 saturated heterocycles. The third-order valence-corrected chi connectivity index (χ3v) is 4.48. The predicted octanol–water partition coefficient (Wildman–Crippen LogP) is -0.978. The molecular formula is C13H13F2O7-. The molecule has 3 aliphatic rings. The lowest BCUT2D eigenvalue weighted by atomic mass is 9.80. The van der Waals surface area contributed by atoms with Crippen molar-refractivity contribution in [1.29, 1.82) is 0 Å². The Kier molecular flexibility index (Phi) is 3.01. The summed E-state index contributed by atoms with van der Waals surface area (Å²) in [5.74, 6) is -10.7. The number of carboxylic acid groups (broad SMARTS) is 1. The molecule has 0 aliphatic carbocycles. The number of carboxylic acids is 1. The first-order chi connectivity index (χ1) is 10.1. The van der Waals surface area contributed by atoms with Crippen LogP contribution in [0, 0.1) is 11.8 Å². The maximum absolute atomic E-state index is 13.6. The average Bonchev–Trinajstić information content (AvgIpc) is 2.98. The number of halogens is 2. The van der Waals surface area contributed by atoms with E-state index < -0.39 is 59.6 Å². The third kappa shape index (κ3) is 1.84. The second-order valence-corrected chi connectivity index (χ2v) is 6.20. The molecule has 5 unspecified atom stereocenters. The van der Waals surface area contributed by atoms with Crippen molar-refractivity contribution >= 4 is 17.9 Å². The van der Waals surface area contributed by atoms with Crippen molar-refractivity contribution < 1.29 is 42.5 Å². The molecule has 3 aliphatic heterocycles. The van der Waals surface area contributed by atoms with Crippen LogP contribution < -0.4 is 5.11 Å². The van der Waals surface area contributed by atoms with Crippen molar-refractivity contribution in [3.8, 4) is 0 Å². The Balaban J connectivity index is 1.78. The number of alkyl halides is 2. The minimum absolute atomic E-state index is 0.296. The van der Waals surface area contributed by atoms with Crippen LogP contribution >= 0.6 is 0 Å². The van der Waals surface area contributed by atoms with Crippen molar-refractivity contribution in [2.45, 2.75) is 50.1 Å². The van der Waals surface area contributed by atoms with Gasteiger partial charge in [-0.15, -0.1) is 0 Å². The van der Waals surface area contributed by atoms with Crippen LogP contribution in [0.4, 0.5) is 8.78 Å². The summed E-state index contributed by atoms with van der Waals surface area (Å²) in [5, 5.41) is 10.5. The largest absolute Gasteiger partial charge is 0.544 e. The first-order valence-electron chi connectivity index (χ1n) is 6.74. The smallest absolute Gasteiger partial charge is 0.325 e. The summed E-state index contributed by atoms with van der Waals surface area (Å²) in [5.41, 5.74) is -2.62. The zero-order valence-electron chi connectivity index (χ0n) is 11.7. The Morgan fingerprint density at radius 2 is 1.95 bits per heavy atom. The monoisotopic (exact) mass is 319 g/mol. The first kappa shape index (κ1) is 15.1. The molecule has 22 heavy (non-hydrogen) atoms. The van der Waals surface area contributed by atoms with Crippen LogP contribution in [-0.4, -0.2) is 47.7 Å². The molecule has 122 valence electrons. The van der Waals surface area contributed by atoms with Crippen LogP contribution in [0.25, 0.3) is 0 Å². The van der Waals surface area contributed by atoms with Crippen LogP contribution in [0.1, 0.15) is 20.3 Å². The van der Waals surface area contributed by atoms with Crippen LogP contribution in [0.15, 0.2) is 0 Å². The lowest BCUT2D eigenvalue weighted by Gasteiger charge is -2.35. The third-order valence-electron chi connectivity index (χ3n) is 4.48. The molecule has 3 fully saturated rings. The summed E-state index contributed by atoms with van der Waals surface area (Å²) in [4.78, 5) is 34.4. The summed E-state index contributed by atoms with van der Waals surface area (Å²) < 4.78 is 42.3. The Morgan fingerprint density at radius 1 is 1.32 bits per heavy atom. The molecule has 3 rings (SSSR count). The van der Waals surface area contributed by atoms with E-state index in [1.54, 1.807) is 0 Å². The second-order valence-electron chi connectivity index (χ2n) is 6.20. The minimum Gasteiger partial charge on any atom is -0.544 e. The van der Waals surface area contributed by atoms with Crippen molar-refractivity contribution in [2.75, 3.05) is 0 Å². The average molecular weight is 319 g/mol. The van der Waals surface area contributed by atoms with Gasteiger partial charge in [-0.1, -0.05) is 0 Å². The van der Waals surface area contributed by atoms with Crippen LogP contribution in [0.2, 0.25) is 0 Å². The molecule has 0 N–H and O–H groups in total. The highest BCUT2D eigenvalue weighted by Gasteiger charge is 2.67. The summed E-state index contributed by atoms with van der Waals surface area (Å²) in [6.07, 6.45) is -1.33. The molecule has 3 heterocycles. The van der Waals surface area contributed by atoms with Gasteiger partial charge in [0, 0.05) is 6.42 Å². The molecule has 9 heteroatoms. The first-order valence-corrected chi connectivity index (χ1v) is 6.74. The molecule has 0 aromatic heterocycles. The standard InChI is InChI=1S/C13H14F2O7/c1-12(2,13(14,15)11(18)19)22-10(17)6-4-3-5-8(20-4)7(6)9(16)21-5/h4-8H,3H2,1-2H3,(H,18,19)/p-1. The van der Waals surface area contributed by atoms with Gasteiger partial charge in [0.15, 0.2) is 5.60 Å². The Bertz CT molecular complexity index is 557. The number of fused-ring (bicyclic) bond motifs is 1. The fourth-order valence-electron chi connectivity index (χ4n) is 3.24. The summed E-state index contributed by atoms with van der Waals surface area (Å²) >= 11 is 0. The van der Waals surface area contributed by atoms with Crippen LogP contribution in [0.5, 0.6) is 0 Å². The molecule has 2 bridgehead atoms. The highest BCUT2D eigenvalue weighted by molar-refractivity contribution is 5.87. The van der Waals surface area contributed by atoms with E-state index in [1.807, 2.05) is 0 Å². The van der Waals surface area contributed by atoms with Gasteiger partial charge in [0.2, 0.25) is 0 Å². The Morgan fingerprint density at radius 3 is 2.55 bits per heavy atom. The van der Waals surface area contributed by atoms with Gasteiger partial charge in [0.05, 0.1) is 12.0 Å². The Hall–Kier alpha value is -1.77. The van der Waals surface area contributed by atoms with Gasteiger partial charge >= 0.3 is 17.9 Å². The molecule has 0 aromatic carbocycles. The SMILES string of the molecule is CC(C)(OC(=O)C1C2CC3OC(=O)C1C3O2)C(F)(F)C(=O)[O-]. The summed E-state index contributed by atoms with van der Waals surface area (Å²) in [6, 6.07) is 0. The van der Waals surface area contributed by atoms with Crippen molar-refractivity contribution in [2.24, 2.45) is 11.8 Å². The van der Waals surface area contributed by atoms with Crippen molar-refractivity contribution in [3.05, 3.63) is 0 Å². The molecule has 0 radical (unpaired) electrons. The van der Waals surface area contributed by atoms with Gasteiger partial charge in [0.25, 0.3) is 0 Å². The second kappa shape index (κ2) is 4.37. The summed E-state index contributed by atoms with van der Waals surface area (Å²) in [6.45, 7) is 1.54. The number of hydrogen-bond donors (Lipinski definition) is 0. The number of carbonyl (C=O) groups is 3. The summed E-state index contributed by atoms with van der Waals surface area (Å²) in [7, 11) is 0. The fraction of sp³-hybridized carbons (Fsp3) is 0.769. The van der Waals surface area contributed by atoms with Gasteiger partial charge in [-0.05, 0) is 13.8 Å². The van der Waals surface area contributed by atoms with E-state index in [0.29, 0.717) is 6.42 Å². The number of carbonyl (C=O) groups excluding carboxylic acids is 3. The van der Waals surface area contributed by atoms with Gasteiger partial charge in [-0.3, -0.25) is 9.59 Å². The quantitative estimate of drug-likeness (QED) is 0.614. The molecule has 0 amide bonds.